The van der Waals surface area contributed by atoms with Crippen LogP contribution in [0.5, 0.6) is 5.88 Å². The molecule has 27 heavy (non-hydrogen) atoms. The molecule has 0 bridgehead atoms. The Morgan fingerprint density at radius 1 is 1.19 bits per heavy atom. The van der Waals surface area contributed by atoms with Crippen LogP contribution in [0.4, 0.5) is 5.69 Å². The van der Waals surface area contributed by atoms with Crippen molar-refractivity contribution < 1.29 is 5.11 Å². The average Bonchev–Trinajstić information content (AvgIpc) is 3.19. The number of nitroso groups, excluding NO2 is 1. The molecular weight excluding hydrogens is 405 g/mol. The van der Waals surface area contributed by atoms with Crippen molar-refractivity contribution >= 4 is 51.1 Å². The van der Waals surface area contributed by atoms with E-state index in [2.05, 4.69) is 10.2 Å². The molecule has 0 fully saturated rings. The van der Waals surface area contributed by atoms with E-state index in [-0.39, 0.29) is 11.6 Å². The summed E-state index contributed by atoms with van der Waals surface area (Å²) in [6.07, 6.45) is 0. The lowest BCUT2D eigenvalue weighted by molar-refractivity contribution is 0.429. The minimum atomic E-state index is -0.189. The molecule has 0 aliphatic carbocycles. The van der Waals surface area contributed by atoms with Gasteiger partial charge in [-0.25, -0.2) is 4.98 Å². The van der Waals surface area contributed by atoms with Crippen molar-refractivity contribution in [3.63, 3.8) is 0 Å². The summed E-state index contributed by atoms with van der Waals surface area (Å²) in [6, 6.07) is 10.9. The minimum absolute atomic E-state index is 0.0104. The zero-order valence-corrected chi connectivity index (χ0v) is 16.4. The molecular formula is C19H13Cl2N3O2S. The zero-order chi connectivity index (χ0) is 19.1. The third kappa shape index (κ3) is 3.20. The molecule has 0 amide bonds. The van der Waals surface area contributed by atoms with Gasteiger partial charge in [0, 0.05) is 26.4 Å². The van der Waals surface area contributed by atoms with Gasteiger partial charge >= 0.3 is 0 Å². The first-order chi connectivity index (χ1) is 13.0. The summed E-state index contributed by atoms with van der Waals surface area (Å²) in [7, 11) is 0. The number of thiazole rings is 1. The predicted octanol–water partition coefficient (Wildman–Crippen LogP) is 6.53. The van der Waals surface area contributed by atoms with Gasteiger partial charge in [0.2, 0.25) is 5.88 Å². The van der Waals surface area contributed by atoms with Crippen LogP contribution in [-0.4, -0.2) is 14.7 Å². The van der Waals surface area contributed by atoms with Crippen LogP contribution >= 0.6 is 34.5 Å². The van der Waals surface area contributed by atoms with Crippen LogP contribution in [0.25, 0.3) is 21.5 Å². The quantitative estimate of drug-likeness (QED) is 0.383. The van der Waals surface area contributed by atoms with Gasteiger partial charge in [-0.15, -0.1) is 16.2 Å². The summed E-state index contributed by atoms with van der Waals surface area (Å²) >= 11 is 13.5. The number of hydrogen-bond donors (Lipinski definition) is 1. The maximum atomic E-state index is 11.3. The highest BCUT2D eigenvalue weighted by molar-refractivity contribution is 7.13. The summed E-state index contributed by atoms with van der Waals surface area (Å²) < 4.78 is 1.64. The Morgan fingerprint density at radius 2 is 1.93 bits per heavy atom. The number of aromatic hydroxyl groups is 1. The molecule has 0 unspecified atom stereocenters. The van der Waals surface area contributed by atoms with Gasteiger partial charge < -0.3 is 9.67 Å². The van der Waals surface area contributed by atoms with Gasteiger partial charge in [-0.2, -0.15) is 0 Å². The standard InChI is InChI=1S/C19H13Cl2N3O2S/c1-10-6-13(21)7-15-16(23-26)19(25)24(17(10)15)8-14-9-27-18(22-14)11-2-4-12(20)5-3-11/h2-7,9,25H,8H2,1H3. The highest BCUT2D eigenvalue weighted by Crippen LogP contribution is 2.41. The van der Waals surface area contributed by atoms with Gasteiger partial charge in [-0.3, -0.25) is 0 Å². The van der Waals surface area contributed by atoms with Crippen molar-refractivity contribution in [3.05, 3.63) is 68.0 Å². The number of halogens is 2. The molecule has 0 spiro atoms. The summed E-state index contributed by atoms with van der Waals surface area (Å²) in [5.41, 5.74) is 3.28. The van der Waals surface area contributed by atoms with E-state index in [9.17, 15) is 10.0 Å². The lowest BCUT2D eigenvalue weighted by Gasteiger charge is -2.07. The van der Waals surface area contributed by atoms with Gasteiger partial charge in [-0.05, 0) is 41.9 Å². The van der Waals surface area contributed by atoms with Gasteiger partial charge in [0.05, 0.1) is 17.8 Å². The number of fused-ring (bicyclic) bond motifs is 1. The molecule has 2 aromatic heterocycles. The molecule has 136 valence electrons. The van der Waals surface area contributed by atoms with Gasteiger partial charge in [0.1, 0.15) is 5.01 Å². The van der Waals surface area contributed by atoms with E-state index in [4.69, 9.17) is 23.2 Å². The Morgan fingerprint density at radius 3 is 2.63 bits per heavy atom. The van der Waals surface area contributed by atoms with Crippen LogP contribution < -0.4 is 0 Å². The van der Waals surface area contributed by atoms with Crippen LogP contribution in [0.1, 0.15) is 11.3 Å². The maximum Gasteiger partial charge on any atom is 0.222 e. The van der Waals surface area contributed by atoms with Crippen molar-refractivity contribution in [1.82, 2.24) is 9.55 Å². The van der Waals surface area contributed by atoms with Gasteiger partial charge in [-0.1, -0.05) is 35.3 Å². The van der Waals surface area contributed by atoms with Crippen molar-refractivity contribution in [2.45, 2.75) is 13.5 Å². The van der Waals surface area contributed by atoms with E-state index >= 15 is 0 Å². The van der Waals surface area contributed by atoms with Crippen molar-refractivity contribution in [1.29, 1.82) is 0 Å². The topological polar surface area (TPSA) is 67.5 Å². The zero-order valence-electron chi connectivity index (χ0n) is 14.1. The predicted molar refractivity (Wildman–Crippen MR) is 110 cm³/mol. The number of aryl methyl sites for hydroxylation is 1. The second kappa shape index (κ2) is 6.96. The number of benzene rings is 2. The van der Waals surface area contributed by atoms with Gasteiger partial charge in [0.25, 0.3) is 0 Å². The summed E-state index contributed by atoms with van der Waals surface area (Å²) in [4.78, 5) is 15.9. The molecule has 0 aliphatic rings. The van der Waals surface area contributed by atoms with Crippen LogP contribution in [0, 0.1) is 11.8 Å². The highest BCUT2D eigenvalue weighted by atomic mass is 35.5. The Hall–Kier alpha value is -2.41. The first kappa shape index (κ1) is 18.0. The lowest BCUT2D eigenvalue weighted by atomic mass is 10.1. The highest BCUT2D eigenvalue weighted by Gasteiger charge is 2.20. The Kier molecular flexibility index (Phi) is 4.63. The molecule has 0 saturated carbocycles. The largest absolute Gasteiger partial charge is 0.493 e. The molecule has 8 heteroatoms. The maximum absolute atomic E-state index is 11.3. The second-order valence-corrected chi connectivity index (χ2v) is 7.85. The molecule has 0 radical (unpaired) electrons. The Balaban J connectivity index is 1.77. The molecule has 4 rings (SSSR count). The average molecular weight is 418 g/mol. The SMILES string of the molecule is Cc1cc(Cl)cc2c(N=O)c(O)n(Cc3csc(-c4ccc(Cl)cc4)n3)c12. The molecule has 2 heterocycles. The van der Waals surface area contributed by atoms with E-state index in [1.807, 2.05) is 36.6 Å². The van der Waals surface area contributed by atoms with Crippen molar-refractivity contribution in [2.24, 2.45) is 5.18 Å². The Bertz CT molecular complexity index is 1170. The smallest absolute Gasteiger partial charge is 0.222 e. The van der Waals surface area contributed by atoms with Crippen LogP contribution in [0.15, 0.2) is 47.0 Å². The number of nitrogens with zero attached hydrogens (tertiary/aromatic N) is 3. The molecule has 0 aliphatic heterocycles. The number of hydrogen-bond acceptors (Lipinski definition) is 5. The van der Waals surface area contributed by atoms with E-state index in [1.54, 1.807) is 16.7 Å². The molecule has 0 atom stereocenters. The fourth-order valence-corrected chi connectivity index (χ4v) is 4.35. The number of rotatable bonds is 4. The normalized spacial score (nSPS) is 11.2. The van der Waals surface area contributed by atoms with Crippen molar-refractivity contribution in [3.8, 4) is 16.5 Å². The molecule has 5 nitrogen and oxygen atoms in total. The summed E-state index contributed by atoms with van der Waals surface area (Å²) in [5, 5.41) is 18.0. The molecule has 1 N–H and O–H groups in total. The van der Waals surface area contributed by atoms with Crippen LogP contribution in [0.3, 0.4) is 0 Å². The van der Waals surface area contributed by atoms with Crippen molar-refractivity contribution in [2.75, 3.05) is 0 Å². The van der Waals surface area contributed by atoms with E-state index in [1.165, 1.54) is 11.3 Å². The molecule has 4 aromatic rings. The fourth-order valence-electron chi connectivity index (χ4n) is 3.14. The molecule has 2 aromatic carbocycles. The van der Waals surface area contributed by atoms with Gasteiger partial charge in [0.15, 0.2) is 5.69 Å². The first-order valence-electron chi connectivity index (χ1n) is 8.03. The third-order valence-corrected chi connectivity index (χ3v) is 5.72. The van der Waals surface area contributed by atoms with E-state index in [0.29, 0.717) is 27.5 Å². The summed E-state index contributed by atoms with van der Waals surface area (Å²) in [5.74, 6) is -0.189. The first-order valence-corrected chi connectivity index (χ1v) is 9.66. The fraction of sp³-hybridized carbons (Fsp3) is 0.105. The Labute approximate surface area is 168 Å². The van der Waals surface area contributed by atoms with E-state index in [0.717, 1.165) is 21.8 Å². The monoisotopic (exact) mass is 417 g/mol. The second-order valence-electron chi connectivity index (χ2n) is 6.12. The van der Waals surface area contributed by atoms with Crippen LogP contribution in [0.2, 0.25) is 10.0 Å². The summed E-state index contributed by atoms with van der Waals surface area (Å²) in [6.45, 7) is 2.18. The third-order valence-electron chi connectivity index (χ3n) is 4.31. The van der Waals surface area contributed by atoms with E-state index < -0.39 is 0 Å². The minimum Gasteiger partial charge on any atom is -0.493 e. The molecule has 0 saturated heterocycles. The van der Waals surface area contributed by atoms with Crippen LogP contribution in [-0.2, 0) is 6.54 Å². The number of aromatic nitrogens is 2. The lowest BCUT2D eigenvalue weighted by Crippen LogP contribution is -2.00.